The van der Waals surface area contributed by atoms with Crippen molar-refractivity contribution in [2.75, 3.05) is 26.2 Å². The number of hydrogen-bond acceptors (Lipinski definition) is 4. The quantitative estimate of drug-likeness (QED) is 0.909. The zero-order valence-electron chi connectivity index (χ0n) is 12.4. The van der Waals surface area contributed by atoms with Gasteiger partial charge < -0.3 is 9.64 Å². The third-order valence-electron chi connectivity index (χ3n) is 3.33. The Hall–Kier alpha value is -2.29. The molecule has 2 rings (SSSR count). The average Bonchev–Trinajstić information content (AvgIpc) is 2.46. The molecule has 1 saturated heterocycles. The molecule has 1 aromatic carbocycles. The minimum absolute atomic E-state index is 0.0174. The van der Waals surface area contributed by atoms with Gasteiger partial charge >= 0.3 is 6.36 Å². The third-order valence-corrected chi connectivity index (χ3v) is 3.33. The molecular weight excluding hydrogens is 315 g/mol. The molecule has 9 heteroatoms. The number of hydrogen-bond donors (Lipinski definition) is 1. The highest BCUT2D eigenvalue weighted by Gasteiger charge is 2.31. The smallest absolute Gasteiger partial charge is 0.406 e. The topological polar surface area (TPSA) is 61.9 Å². The van der Waals surface area contributed by atoms with Gasteiger partial charge in [-0.05, 0) is 24.3 Å². The van der Waals surface area contributed by atoms with E-state index >= 15 is 0 Å². The van der Waals surface area contributed by atoms with Gasteiger partial charge in [0.15, 0.2) is 0 Å². The number of ether oxygens (including phenoxy) is 1. The van der Waals surface area contributed by atoms with Crippen molar-refractivity contribution in [3.63, 3.8) is 0 Å². The Morgan fingerprint density at radius 3 is 2.13 bits per heavy atom. The van der Waals surface area contributed by atoms with Gasteiger partial charge in [-0.25, -0.2) is 5.01 Å². The standard InChI is InChI=1S/C14H16F3N3O3/c1-10(21)19-6-8-20(9-7-19)18-13(22)11-2-4-12(5-3-11)23-14(15,16)17/h2-5H,6-9H2,1H3,(H,18,22). The van der Waals surface area contributed by atoms with Crippen molar-refractivity contribution in [3.8, 4) is 5.75 Å². The van der Waals surface area contributed by atoms with Gasteiger partial charge in [0.25, 0.3) is 5.91 Å². The number of halogens is 3. The maximum Gasteiger partial charge on any atom is 0.573 e. The number of hydrazine groups is 1. The van der Waals surface area contributed by atoms with Gasteiger partial charge in [0, 0.05) is 38.7 Å². The van der Waals surface area contributed by atoms with Crippen LogP contribution >= 0.6 is 0 Å². The number of carbonyl (C=O) groups is 2. The lowest BCUT2D eigenvalue weighted by atomic mass is 10.2. The Balaban J connectivity index is 1.88. The van der Waals surface area contributed by atoms with Crippen LogP contribution in [-0.2, 0) is 4.79 Å². The Morgan fingerprint density at radius 2 is 1.65 bits per heavy atom. The fraction of sp³-hybridized carbons (Fsp3) is 0.429. The summed E-state index contributed by atoms with van der Waals surface area (Å²) in [7, 11) is 0. The number of amides is 2. The summed E-state index contributed by atoms with van der Waals surface area (Å²) in [6, 6.07) is 4.66. The molecular formula is C14H16F3N3O3. The first-order chi connectivity index (χ1) is 10.7. The Morgan fingerprint density at radius 1 is 1.09 bits per heavy atom. The lowest BCUT2D eigenvalue weighted by Crippen LogP contribution is -2.54. The van der Waals surface area contributed by atoms with E-state index in [1.807, 2.05) is 0 Å². The van der Waals surface area contributed by atoms with Crippen molar-refractivity contribution >= 4 is 11.8 Å². The summed E-state index contributed by atoms with van der Waals surface area (Å²) < 4.78 is 39.9. The molecule has 1 aliphatic heterocycles. The van der Waals surface area contributed by atoms with Crippen molar-refractivity contribution in [3.05, 3.63) is 29.8 Å². The lowest BCUT2D eigenvalue weighted by Gasteiger charge is -2.34. The van der Waals surface area contributed by atoms with Crippen LogP contribution < -0.4 is 10.2 Å². The van der Waals surface area contributed by atoms with E-state index in [0.29, 0.717) is 26.2 Å². The molecule has 126 valence electrons. The van der Waals surface area contributed by atoms with Crippen LogP contribution in [0.25, 0.3) is 0 Å². The Labute approximate surface area is 130 Å². The number of benzene rings is 1. The number of alkyl halides is 3. The molecule has 1 aromatic rings. The minimum Gasteiger partial charge on any atom is -0.406 e. The van der Waals surface area contributed by atoms with Crippen LogP contribution in [0, 0.1) is 0 Å². The highest BCUT2D eigenvalue weighted by molar-refractivity contribution is 5.93. The number of carbonyl (C=O) groups excluding carboxylic acids is 2. The largest absolute Gasteiger partial charge is 0.573 e. The Kier molecular flexibility index (Phi) is 5.09. The first kappa shape index (κ1) is 17.1. The zero-order valence-corrected chi connectivity index (χ0v) is 12.4. The monoisotopic (exact) mass is 331 g/mol. The van der Waals surface area contributed by atoms with Crippen LogP contribution in [0.15, 0.2) is 24.3 Å². The van der Waals surface area contributed by atoms with Gasteiger partial charge in [0.05, 0.1) is 0 Å². The van der Waals surface area contributed by atoms with E-state index in [2.05, 4.69) is 10.2 Å². The van der Waals surface area contributed by atoms with E-state index < -0.39 is 12.3 Å². The van der Waals surface area contributed by atoms with Gasteiger partial charge in [0.1, 0.15) is 5.75 Å². The van der Waals surface area contributed by atoms with Crippen LogP contribution in [0.2, 0.25) is 0 Å². The molecule has 2 amide bonds. The van der Waals surface area contributed by atoms with E-state index in [4.69, 9.17) is 0 Å². The van der Waals surface area contributed by atoms with E-state index in [9.17, 15) is 22.8 Å². The van der Waals surface area contributed by atoms with Gasteiger partial charge in [-0.3, -0.25) is 15.0 Å². The summed E-state index contributed by atoms with van der Waals surface area (Å²) in [5.74, 6) is -0.833. The van der Waals surface area contributed by atoms with E-state index in [0.717, 1.165) is 12.1 Å². The zero-order chi connectivity index (χ0) is 17.0. The molecule has 0 atom stereocenters. The fourth-order valence-electron chi connectivity index (χ4n) is 2.15. The molecule has 0 unspecified atom stereocenters. The van der Waals surface area contributed by atoms with Crippen LogP contribution in [-0.4, -0.2) is 54.3 Å². The number of nitrogens with zero attached hydrogens (tertiary/aromatic N) is 2. The second kappa shape index (κ2) is 6.86. The molecule has 1 heterocycles. The molecule has 0 spiro atoms. The van der Waals surface area contributed by atoms with E-state index in [1.54, 1.807) is 9.91 Å². The Bertz CT molecular complexity index is 567. The van der Waals surface area contributed by atoms with E-state index in [-0.39, 0.29) is 17.2 Å². The lowest BCUT2D eigenvalue weighted by molar-refractivity contribution is -0.274. The summed E-state index contributed by atoms with van der Waals surface area (Å²) >= 11 is 0. The summed E-state index contributed by atoms with van der Waals surface area (Å²) in [6.07, 6.45) is -4.76. The average molecular weight is 331 g/mol. The van der Waals surface area contributed by atoms with Gasteiger partial charge in [0.2, 0.25) is 5.91 Å². The van der Waals surface area contributed by atoms with Crippen LogP contribution in [0.3, 0.4) is 0 Å². The van der Waals surface area contributed by atoms with E-state index in [1.165, 1.54) is 19.1 Å². The third kappa shape index (κ3) is 5.13. The van der Waals surface area contributed by atoms with Crippen molar-refractivity contribution in [2.24, 2.45) is 0 Å². The molecule has 0 bridgehead atoms. The maximum absolute atomic E-state index is 12.1. The van der Waals surface area contributed by atoms with Crippen molar-refractivity contribution < 1.29 is 27.5 Å². The first-order valence-corrected chi connectivity index (χ1v) is 6.92. The van der Waals surface area contributed by atoms with Crippen molar-refractivity contribution in [2.45, 2.75) is 13.3 Å². The second-order valence-corrected chi connectivity index (χ2v) is 5.01. The molecule has 0 aromatic heterocycles. The molecule has 23 heavy (non-hydrogen) atoms. The number of rotatable bonds is 3. The first-order valence-electron chi connectivity index (χ1n) is 6.92. The minimum atomic E-state index is -4.76. The second-order valence-electron chi connectivity index (χ2n) is 5.01. The molecule has 1 N–H and O–H groups in total. The molecule has 0 aliphatic carbocycles. The summed E-state index contributed by atoms with van der Waals surface area (Å²) in [5, 5.41) is 1.67. The molecule has 1 aliphatic rings. The van der Waals surface area contributed by atoms with Crippen LogP contribution in [0.1, 0.15) is 17.3 Å². The SMILES string of the molecule is CC(=O)N1CCN(NC(=O)c2ccc(OC(F)(F)F)cc2)CC1. The van der Waals surface area contributed by atoms with Gasteiger partial charge in [-0.15, -0.1) is 13.2 Å². The predicted molar refractivity (Wildman–Crippen MR) is 74.4 cm³/mol. The highest BCUT2D eigenvalue weighted by Crippen LogP contribution is 2.22. The fourth-order valence-corrected chi connectivity index (χ4v) is 2.15. The van der Waals surface area contributed by atoms with Crippen molar-refractivity contribution in [1.82, 2.24) is 15.3 Å². The summed E-state index contributed by atoms with van der Waals surface area (Å²) in [5.41, 5.74) is 2.87. The normalized spacial score (nSPS) is 16.1. The van der Waals surface area contributed by atoms with Crippen LogP contribution in [0.4, 0.5) is 13.2 Å². The maximum atomic E-state index is 12.1. The molecule has 1 fully saturated rings. The summed E-state index contributed by atoms with van der Waals surface area (Å²) in [4.78, 5) is 24.9. The van der Waals surface area contributed by atoms with Crippen LogP contribution in [0.5, 0.6) is 5.75 Å². The highest BCUT2D eigenvalue weighted by atomic mass is 19.4. The summed E-state index contributed by atoms with van der Waals surface area (Å²) in [6.45, 7) is 3.47. The van der Waals surface area contributed by atoms with Gasteiger partial charge in [-0.2, -0.15) is 0 Å². The molecule has 6 nitrogen and oxygen atoms in total. The predicted octanol–water partition coefficient (Wildman–Crippen LogP) is 1.39. The van der Waals surface area contributed by atoms with Gasteiger partial charge in [-0.1, -0.05) is 0 Å². The van der Waals surface area contributed by atoms with Crippen molar-refractivity contribution in [1.29, 1.82) is 0 Å². The number of piperazine rings is 1. The molecule has 0 radical (unpaired) electrons. The molecule has 0 saturated carbocycles. The number of nitrogens with one attached hydrogen (secondary N) is 1.